The number of nitrogens with one attached hydrogen (secondary N) is 1. The Balaban J connectivity index is 2.14. The molecule has 1 atom stereocenters. The average Bonchev–Trinajstić information content (AvgIpc) is 2.55. The molecule has 2 N–H and O–H groups in total. The quantitative estimate of drug-likeness (QED) is 0.558. The number of carbonyl (C=O) groups excluding carboxylic acids is 2. The van der Waals surface area contributed by atoms with Crippen LogP contribution in [0.5, 0.6) is 0 Å². The van der Waals surface area contributed by atoms with E-state index in [1.165, 1.54) is 4.90 Å². The Morgan fingerprint density at radius 2 is 2.44 bits per heavy atom. The third-order valence-electron chi connectivity index (χ3n) is 2.43. The van der Waals surface area contributed by atoms with Crippen LogP contribution in [0.3, 0.4) is 0 Å². The molecule has 0 aromatic rings. The first-order chi connectivity index (χ1) is 7.63. The van der Waals surface area contributed by atoms with Gasteiger partial charge in [0.05, 0.1) is 19.1 Å². The van der Waals surface area contributed by atoms with E-state index in [9.17, 15) is 14.7 Å². The van der Waals surface area contributed by atoms with E-state index in [0.29, 0.717) is 26.2 Å². The number of hydrogen-bond donors (Lipinski definition) is 2. The first-order valence-electron chi connectivity index (χ1n) is 5.35. The second-order valence-electron chi connectivity index (χ2n) is 3.79. The smallest absolute Gasteiger partial charge is 0.225 e. The van der Waals surface area contributed by atoms with E-state index >= 15 is 0 Å². The zero-order valence-electron chi connectivity index (χ0n) is 9.44. The second kappa shape index (κ2) is 6.44. The van der Waals surface area contributed by atoms with Gasteiger partial charge in [0.25, 0.3) is 0 Å². The van der Waals surface area contributed by atoms with Crippen molar-refractivity contribution >= 4 is 11.8 Å². The number of likely N-dealkylation sites (tertiary alicyclic amines) is 1. The Labute approximate surface area is 94.6 Å². The van der Waals surface area contributed by atoms with Crippen molar-refractivity contribution in [2.45, 2.75) is 18.9 Å². The number of amides is 2. The number of ether oxygens (including phenoxy) is 1. The lowest BCUT2D eigenvalue weighted by atomic mass is 10.3. The van der Waals surface area contributed by atoms with E-state index in [0.717, 1.165) is 0 Å². The van der Waals surface area contributed by atoms with E-state index in [-0.39, 0.29) is 24.7 Å². The summed E-state index contributed by atoms with van der Waals surface area (Å²) in [6.45, 7) is 1.66. The van der Waals surface area contributed by atoms with Gasteiger partial charge in [0, 0.05) is 33.2 Å². The minimum atomic E-state index is -0.580. The molecule has 6 nitrogen and oxygen atoms in total. The fourth-order valence-electron chi connectivity index (χ4n) is 1.58. The molecule has 0 aromatic heterocycles. The average molecular weight is 230 g/mol. The molecular formula is C10H18N2O4. The minimum absolute atomic E-state index is 0.0859. The lowest BCUT2D eigenvalue weighted by Gasteiger charge is -2.15. The highest BCUT2D eigenvalue weighted by Crippen LogP contribution is 2.10. The topological polar surface area (TPSA) is 78.9 Å². The number of nitrogens with zero attached hydrogens (tertiary/aromatic N) is 1. The Morgan fingerprint density at radius 3 is 3.00 bits per heavy atom. The molecule has 1 saturated heterocycles. The molecule has 1 rings (SSSR count). The van der Waals surface area contributed by atoms with Gasteiger partial charge in [0.15, 0.2) is 0 Å². The van der Waals surface area contributed by atoms with Gasteiger partial charge in [-0.3, -0.25) is 9.59 Å². The molecule has 0 spiro atoms. The molecule has 1 aliphatic heterocycles. The number of carbonyl (C=O) groups is 2. The second-order valence-corrected chi connectivity index (χ2v) is 3.79. The van der Waals surface area contributed by atoms with Crippen LogP contribution in [-0.2, 0) is 14.3 Å². The van der Waals surface area contributed by atoms with E-state index in [1.54, 1.807) is 7.11 Å². The van der Waals surface area contributed by atoms with Gasteiger partial charge in [-0.05, 0) is 0 Å². The van der Waals surface area contributed by atoms with Crippen LogP contribution in [0.15, 0.2) is 0 Å². The Hall–Kier alpha value is -1.14. The van der Waals surface area contributed by atoms with Gasteiger partial charge >= 0.3 is 0 Å². The van der Waals surface area contributed by atoms with Crippen molar-refractivity contribution in [3.05, 3.63) is 0 Å². The standard InChI is InChI=1S/C10H18N2O4/c1-16-5-3-11-9(14)2-4-12-7-8(13)6-10(12)15/h8,13H,2-7H2,1H3,(H,11,14). The molecule has 0 aliphatic carbocycles. The number of β-amino-alcohol motifs (C(OH)–C–C–N with tert-alkyl or cyclic N) is 1. The van der Waals surface area contributed by atoms with E-state index in [2.05, 4.69) is 5.32 Å². The fraction of sp³-hybridized carbons (Fsp3) is 0.800. The number of hydrogen-bond acceptors (Lipinski definition) is 4. The van der Waals surface area contributed by atoms with Crippen molar-refractivity contribution in [2.24, 2.45) is 0 Å². The first kappa shape index (κ1) is 12.9. The van der Waals surface area contributed by atoms with Crippen molar-refractivity contribution in [3.63, 3.8) is 0 Å². The Bertz CT molecular complexity index is 257. The summed E-state index contributed by atoms with van der Waals surface area (Å²) >= 11 is 0. The molecule has 92 valence electrons. The molecule has 16 heavy (non-hydrogen) atoms. The summed E-state index contributed by atoms with van der Waals surface area (Å²) in [6.07, 6.45) is -0.142. The maximum atomic E-state index is 11.3. The Kier molecular flexibility index (Phi) is 5.21. The van der Waals surface area contributed by atoms with Crippen LogP contribution in [0.2, 0.25) is 0 Å². The summed E-state index contributed by atoms with van der Waals surface area (Å²) in [5.41, 5.74) is 0. The predicted molar refractivity (Wildman–Crippen MR) is 56.7 cm³/mol. The zero-order valence-corrected chi connectivity index (χ0v) is 9.44. The maximum absolute atomic E-state index is 11.3. The number of rotatable bonds is 6. The van der Waals surface area contributed by atoms with E-state index in [4.69, 9.17) is 4.74 Å². The highest BCUT2D eigenvalue weighted by molar-refractivity contribution is 5.80. The monoisotopic (exact) mass is 230 g/mol. The molecule has 0 aromatic carbocycles. The lowest BCUT2D eigenvalue weighted by molar-refractivity contribution is -0.128. The summed E-state index contributed by atoms with van der Waals surface area (Å²) in [7, 11) is 1.57. The van der Waals surface area contributed by atoms with Crippen molar-refractivity contribution in [3.8, 4) is 0 Å². The third-order valence-corrected chi connectivity index (χ3v) is 2.43. The van der Waals surface area contributed by atoms with Crippen LogP contribution >= 0.6 is 0 Å². The van der Waals surface area contributed by atoms with Crippen LogP contribution < -0.4 is 5.32 Å². The molecule has 1 aliphatic rings. The fourth-order valence-corrected chi connectivity index (χ4v) is 1.58. The molecule has 0 bridgehead atoms. The van der Waals surface area contributed by atoms with Crippen LogP contribution in [-0.4, -0.2) is 61.3 Å². The van der Waals surface area contributed by atoms with Gasteiger partial charge in [-0.25, -0.2) is 0 Å². The van der Waals surface area contributed by atoms with Gasteiger partial charge < -0.3 is 20.1 Å². The van der Waals surface area contributed by atoms with Crippen LogP contribution in [0.1, 0.15) is 12.8 Å². The normalized spacial score (nSPS) is 20.2. The largest absolute Gasteiger partial charge is 0.391 e. The van der Waals surface area contributed by atoms with Gasteiger partial charge in [0.2, 0.25) is 11.8 Å². The molecule has 1 fully saturated rings. The SMILES string of the molecule is COCCNC(=O)CCN1CC(O)CC1=O. The first-order valence-corrected chi connectivity index (χ1v) is 5.35. The molecule has 0 saturated carbocycles. The molecule has 6 heteroatoms. The number of aliphatic hydroxyl groups excluding tert-OH is 1. The summed E-state index contributed by atoms with van der Waals surface area (Å²) < 4.78 is 4.79. The Morgan fingerprint density at radius 1 is 1.69 bits per heavy atom. The van der Waals surface area contributed by atoms with Gasteiger partial charge in [-0.15, -0.1) is 0 Å². The maximum Gasteiger partial charge on any atom is 0.225 e. The highest BCUT2D eigenvalue weighted by atomic mass is 16.5. The van der Waals surface area contributed by atoms with Crippen molar-refractivity contribution < 1.29 is 19.4 Å². The number of methoxy groups -OCH3 is 1. The van der Waals surface area contributed by atoms with Crippen LogP contribution in [0, 0.1) is 0 Å². The predicted octanol–water partition coefficient (Wildman–Crippen LogP) is -1.27. The highest BCUT2D eigenvalue weighted by Gasteiger charge is 2.27. The minimum Gasteiger partial charge on any atom is -0.391 e. The molecule has 0 radical (unpaired) electrons. The van der Waals surface area contributed by atoms with E-state index in [1.807, 2.05) is 0 Å². The number of aliphatic hydroxyl groups is 1. The summed E-state index contributed by atoms with van der Waals surface area (Å²) in [5.74, 6) is -0.191. The van der Waals surface area contributed by atoms with E-state index < -0.39 is 6.10 Å². The summed E-state index contributed by atoms with van der Waals surface area (Å²) in [6, 6.07) is 0. The molecule has 1 heterocycles. The van der Waals surface area contributed by atoms with Gasteiger partial charge in [0.1, 0.15) is 0 Å². The molecule has 2 amide bonds. The zero-order chi connectivity index (χ0) is 12.0. The lowest BCUT2D eigenvalue weighted by Crippen LogP contribution is -2.33. The molecule has 1 unspecified atom stereocenters. The molecular weight excluding hydrogens is 212 g/mol. The van der Waals surface area contributed by atoms with Crippen molar-refractivity contribution in [2.75, 3.05) is 33.4 Å². The summed E-state index contributed by atoms with van der Waals surface area (Å²) in [4.78, 5) is 24.1. The third kappa shape index (κ3) is 4.16. The van der Waals surface area contributed by atoms with Crippen molar-refractivity contribution in [1.29, 1.82) is 0 Å². The summed E-state index contributed by atoms with van der Waals surface area (Å²) in [5, 5.41) is 11.9. The van der Waals surface area contributed by atoms with Gasteiger partial charge in [-0.2, -0.15) is 0 Å². The van der Waals surface area contributed by atoms with Crippen molar-refractivity contribution in [1.82, 2.24) is 10.2 Å². The van der Waals surface area contributed by atoms with Crippen LogP contribution in [0.4, 0.5) is 0 Å². The van der Waals surface area contributed by atoms with Crippen LogP contribution in [0.25, 0.3) is 0 Å². The van der Waals surface area contributed by atoms with Gasteiger partial charge in [-0.1, -0.05) is 0 Å².